The molecule has 2 aromatic rings. The van der Waals surface area contributed by atoms with Crippen molar-refractivity contribution in [3.8, 4) is 5.75 Å². The first-order chi connectivity index (χ1) is 14.1. The summed E-state index contributed by atoms with van der Waals surface area (Å²) in [7, 11) is -2.51. The van der Waals surface area contributed by atoms with Gasteiger partial charge in [-0.2, -0.15) is 4.31 Å². The number of rotatable bonds is 9. The van der Waals surface area contributed by atoms with Gasteiger partial charge in [-0.3, -0.25) is 4.79 Å². The lowest BCUT2D eigenvalue weighted by Gasteiger charge is -2.21. The molecule has 0 spiro atoms. The van der Waals surface area contributed by atoms with Crippen LogP contribution in [0.2, 0.25) is 0 Å². The summed E-state index contributed by atoms with van der Waals surface area (Å²) < 4.78 is 60.0. The molecule has 2 aromatic carbocycles. The lowest BCUT2D eigenvalue weighted by atomic mass is 10.1. The number of carbonyl (C=O) groups excluding carboxylic acids is 1. The average Bonchev–Trinajstić information content (AvgIpc) is 2.71. The summed E-state index contributed by atoms with van der Waals surface area (Å²) in [6, 6.07) is 7.08. The van der Waals surface area contributed by atoms with Gasteiger partial charge in [0.2, 0.25) is 10.0 Å². The molecule has 30 heavy (non-hydrogen) atoms. The third-order valence-electron chi connectivity index (χ3n) is 4.70. The number of carbonyl (C=O) groups is 1. The summed E-state index contributed by atoms with van der Waals surface area (Å²) in [5, 5.41) is 2.65. The van der Waals surface area contributed by atoms with Crippen LogP contribution in [0.5, 0.6) is 5.75 Å². The minimum absolute atomic E-state index is 0.0506. The normalized spacial score (nSPS) is 12.6. The molecule has 0 aliphatic carbocycles. The first kappa shape index (κ1) is 23.8. The molecule has 1 N–H and O–H groups in total. The second-order valence-corrected chi connectivity index (χ2v) is 8.64. The Bertz CT molecular complexity index is 988. The van der Waals surface area contributed by atoms with E-state index in [2.05, 4.69) is 5.32 Å². The van der Waals surface area contributed by atoms with Crippen molar-refractivity contribution in [2.24, 2.45) is 0 Å². The number of hydrogen-bond acceptors (Lipinski definition) is 4. The molecule has 6 nitrogen and oxygen atoms in total. The van der Waals surface area contributed by atoms with E-state index < -0.39 is 33.6 Å². The molecule has 1 unspecified atom stereocenters. The molecule has 0 saturated heterocycles. The third-order valence-corrected chi connectivity index (χ3v) is 6.77. The number of ether oxygens (including phenoxy) is 1. The van der Waals surface area contributed by atoms with Crippen LogP contribution in [0.15, 0.2) is 41.3 Å². The van der Waals surface area contributed by atoms with Crippen LogP contribution in [-0.4, -0.2) is 44.9 Å². The number of sulfonamides is 1. The van der Waals surface area contributed by atoms with E-state index in [1.165, 1.54) is 35.7 Å². The van der Waals surface area contributed by atoms with Crippen molar-refractivity contribution in [3.63, 3.8) is 0 Å². The van der Waals surface area contributed by atoms with E-state index >= 15 is 0 Å². The fourth-order valence-electron chi connectivity index (χ4n) is 3.11. The van der Waals surface area contributed by atoms with Gasteiger partial charge in [0.25, 0.3) is 5.91 Å². The third kappa shape index (κ3) is 5.14. The van der Waals surface area contributed by atoms with Gasteiger partial charge < -0.3 is 10.1 Å². The maximum Gasteiger partial charge on any atom is 0.251 e. The first-order valence-electron chi connectivity index (χ1n) is 9.57. The number of methoxy groups -OCH3 is 1. The summed E-state index contributed by atoms with van der Waals surface area (Å²) in [6.45, 7) is 5.58. The van der Waals surface area contributed by atoms with Gasteiger partial charge in [0.15, 0.2) is 0 Å². The van der Waals surface area contributed by atoms with Crippen LogP contribution in [0.1, 0.15) is 36.7 Å². The molecule has 0 bridgehead atoms. The lowest BCUT2D eigenvalue weighted by Crippen LogP contribution is -2.35. The van der Waals surface area contributed by atoms with Crippen molar-refractivity contribution in [2.45, 2.75) is 38.1 Å². The zero-order valence-electron chi connectivity index (χ0n) is 17.4. The number of halogens is 2. The number of benzene rings is 2. The Morgan fingerprint density at radius 1 is 1.13 bits per heavy atom. The van der Waals surface area contributed by atoms with Crippen molar-refractivity contribution >= 4 is 15.9 Å². The average molecular weight is 441 g/mol. The molecule has 0 aliphatic heterocycles. The Morgan fingerprint density at radius 2 is 1.73 bits per heavy atom. The molecule has 0 aromatic heterocycles. The zero-order valence-corrected chi connectivity index (χ0v) is 18.2. The van der Waals surface area contributed by atoms with Gasteiger partial charge in [-0.15, -0.1) is 0 Å². The maximum atomic E-state index is 13.8. The largest absolute Gasteiger partial charge is 0.495 e. The van der Waals surface area contributed by atoms with Crippen molar-refractivity contribution in [3.05, 3.63) is 59.2 Å². The zero-order chi connectivity index (χ0) is 22.5. The van der Waals surface area contributed by atoms with E-state index in [1.807, 2.05) is 0 Å². The van der Waals surface area contributed by atoms with Gasteiger partial charge in [-0.1, -0.05) is 19.9 Å². The highest BCUT2D eigenvalue weighted by molar-refractivity contribution is 7.89. The standard InChI is InChI=1S/C21H26F2N2O4S/c1-5-25(6-2)30(27,28)20-13-15(10-11-19(20)29-4)21(26)24-14(3)12-16-17(22)8-7-9-18(16)23/h7-11,13-14H,5-6,12H2,1-4H3,(H,24,26). The minimum Gasteiger partial charge on any atom is -0.495 e. The smallest absolute Gasteiger partial charge is 0.251 e. The highest BCUT2D eigenvalue weighted by Gasteiger charge is 2.27. The predicted octanol–water partition coefficient (Wildman–Crippen LogP) is 3.36. The van der Waals surface area contributed by atoms with Gasteiger partial charge in [0.05, 0.1) is 7.11 Å². The van der Waals surface area contributed by atoms with Crippen LogP contribution in [0.25, 0.3) is 0 Å². The molecule has 2 rings (SSSR count). The second-order valence-electron chi connectivity index (χ2n) is 6.73. The molecular weight excluding hydrogens is 414 g/mol. The Morgan fingerprint density at radius 3 is 2.27 bits per heavy atom. The highest BCUT2D eigenvalue weighted by Crippen LogP contribution is 2.28. The highest BCUT2D eigenvalue weighted by atomic mass is 32.2. The van der Waals surface area contributed by atoms with Crippen LogP contribution >= 0.6 is 0 Å². The van der Waals surface area contributed by atoms with Crippen molar-refractivity contribution in [1.29, 1.82) is 0 Å². The summed E-state index contributed by atoms with van der Waals surface area (Å²) in [5.74, 6) is -1.81. The van der Waals surface area contributed by atoms with Crippen LogP contribution < -0.4 is 10.1 Å². The Kier molecular flexibility index (Phi) is 7.91. The first-order valence-corrected chi connectivity index (χ1v) is 11.0. The topological polar surface area (TPSA) is 75.7 Å². The van der Waals surface area contributed by atoms with Crippen LogP contribution in [-0.2, 0) is 16.4 Å². The molecular formula is C21H26F2N2O4S. The van der Waals surface area contributed by atoms with E-state index in [4.69, 9.17) is 4.74 Å². The van der Waals surface area contributed by atoms with E-state index in [0.29, 0.717) is 0 Å². The number of hydrogen-bond donors (Lipinski definition) is 1. The molecule has 0 heterocycles. The van der Waals surface area contributed by atoms with Crippen LogP contribution in [0.3, 0.4) is 0 Å². The van der Waals surface area contributed by atoms with E-state index in [9.17, 15) is 22.0 Å². The van der Waals surface area contributed by atoms with Gasteiger partial charge in [0.1, 0.15) is 22.3 Å². The summed E-state index contributed by atoms with van der Waals surface area (Å²) in [4.78, 5) is 12.5. The lowest BCUT2D eigenvalue weighted by molar-refractivity contribution is 0.0939. The molecule has 0 aliphatic rings. The Hall–Kier alpha value is -2.52. The molecule has 1 amide bonds. The van der Waals surface area contributed by atoms with Gasteiger partial charge >= 0.3 is 0 Å². The molecule has 9 heteroatoms. The summed E-state index contributed by atoms with van der Waals surface area (Å²) in [5.41, 5.74) is -0.0211. The number of nitrogens with zero attached hydrogens (tertiary/aromatic N) is 1. The minimum atomic E-state index is -3.86. The van der Waals surface area contributed by atoms with E-state index in [1.54, 1.807) is 20.8 Å². The number of nitrogens with one attached hydrogen (secondary N) is 1. The Labute approximate surface area is 175 Å². The summed E-state index contributed by atoms with van der Waals surface area (Å²) in [6.07, 6.45) is -0.0506. The van der Waals surface area contributed by atoms with Crippen molar-refractivity contribution in [2.75, 3.05) is 20.2 Å². The quantitative estimate of drug-likeness (QED) is 0.649. The fraction of sp³-hybridized carbons (Fsp3) is 0.381. The van der Waals surface area contributed by atoms with Crippen LogP contribution in [0.4, 0.5) is 8.78 Å². The number of amides is 1. The van der Waals surface area contributed by atoms with Gasteiger partial charge in [-0.25, -0.2) is 17.2 Å². The van der Waals surface area contributed by atoms with Crippen LogP contribution in [0, 0.1) is 11.6 Å². The molecule has 0 fully saturated rings. The SMILES string of the molecule is CCN(CC)S(=O)(=O)c1cc(C(=O)NC(C)Cc2c(F)cccc2F)ccc1OC. The van der Waals surface area contributed by atoms with Gasteiger partial charge in [-0.05, 0) is 43.7 Å². The van der Waals surface area contributed by atoms with Crippen molar-refractivity contribution in [1.82, 2.24) is 9.62 Å². The molecule has 1 atom stereocenters. The molecule has 164 valence electrons. The molecule has 0 saturated carbocycles. The van der Waals surface area contributed by atoms with E-state index in [-0.39, 0.29) is 41.3 Å². The van der Waals surface area contributed by atoms with Crippen molar-refractivity contribution < 1.29 is 26.7 Å². The monoisotopic (exact) mass is 440 g/mol. The molecule has 0 radical (unpaired) electrons. The van der Waals surface area contributed by atoms with E-state index in [0.717, 1.165) is 12.1 Å². The maximum absolute atomic E-state index is 13.8. The Balaban J connectivity index is 2.28. The summed E-state index contributed by atoms with van der Waals surface area (Å²) >= 11 is 0. The van der Waals surface area contributed by atoms with Gasteiger partial charge in [0, 0.05) is 30.3 Å². The second kappa shape index (κ2) is 9.99. The fourth-order valence-corrected chi connectivity index (χ4v) is 4.75. The predicted molar refractivity (Wildman–Crippen MR) is 110 cm³/mol.